The van der Waals surface area contributed by atoms with Gasteiger partial charge >= 0.3 is 75.5 Å². The number of rotatable bonds is 0. The Hall–Kier alpha value is 2.21. The van der Waals surface area contributed by atoms with Crippen molar-refractivity contribution in [3.8, 4) is 0 Å². The molecule has 0 amide bonds. The van der Waals surface area contributed by atoms with Crippen molar-refractivity contribution in [3.05, 3.63) is 0 Å². The molecule has 0 saturated heterocycles. The number of hydrogen-bond acceptors (Lipinski definition) is 6. The van der Waals surface area contributed by atoms with Crippen molar-refractivity contribution in [2.24, 2.45) is 0 Å². The van der Waals surface area contributed by atoms with Gasteiger partial charge in [-0.25, -0.2) is 0 Å². The molecule has 0 unspecified atom stereocenters. The minimum atomic E-state index is -3.63. The Balaban J connectivity index is -0.0000000300. The maximum Gasteiger partial charge on any atom is 2.00 e. The van der Waals surface area contributed by atoms with Crippen LogP contribution in [-0.4, -0.2) is 98.0 Å². The summed E-state index contributed by atoms with van der Waals surface area (Å²) in [4.78, 5) is 17.0. The van der Waals surface area contributed by atoms with E-state index >= 15 is 0 Å². The molecule has 0 aliphatic rings. The quantitative estimate of drug-likeness (QED) is 0.307. The summed E-state index contributed by atoms with van der Waals surface area (Å²) >= 11 is -3.11. The molecule has 10 heavy (non-hydrogen) atoms. The van der Waals surface area contributed by atoms with Gasteiger partial charge in [0.25, 0.3) is 0 Å². The first-order valence-corrected chi connectivity index (χ1v) is 3.34. The second kappa shape index (κ2) is 17.3. The molecule has 0 heterocycles. The van der Waals surface area contributed by atoms with E-state index in [4.69, 9.17) is 27.4 Å². The molecule has 0 aromatic rings. The molecule has 50 valence electrons. The van der Waals surface area contributed by atoms with Crippen LogP contribution in [0.3, 0.4) is 0 Å². The smallest absolute Gasteiger partial charge is 0.784 e. The van der Waals surface area contributed by atoms with E-state index in [1.54, 1.807) is 0 Å². The van der Waals surface area contributed by atoms with E-state index < -0.39 is 20.5 Å². The fourth-order valence-electron chi connectivity index (χ4n) is 0. The zero-order chi connectivity index (χ0) is 7.15. The van der Waals surface area contributed by atoms with E-state index in [2.05, 4.69) is 0 Å². The van der Waals surface area contributed by atoms with Crippen LogP contribution in [0.1, 0.15) is 0 Å². The average molecular weight is 236 g/mol. The van der Waals surface area contributed by atoms with Crippen LogP contribution in [0.5, 0.6) is 0 Å². The topological polar surface area (TPSA) is 126 Å². The Morgan fingerprint density at radius 2 is 1.10 bits per heavy atom. The van der Waals surface area contributed by atoms with Crippen molar-refractivity contribution in [1.29, 1.82) is 0 Å². The predicted molar refractivity (Wildman–Crippen MR) is 27.6 cm³/mol. The van der Waals surface area contributed by atoms with Gasteiger partial charge in [-0.05, 0) is 0 Å². The van der Waals surface area contributed by atoms with E-state index in [1.165, 1.54) is 0 Å². The zero-order valence-corrected chi connectivity index (χ0v) is 11.0. The maximum absolute atomic E-state index is 8.52. The van der Waals surface area contributed by atoms with Crippen LogP contribution in [0.15, 0.2) is 0 Å². The maximum atomic E-state index is 8.52. The van der Waals surface area contributed by atoms with Gasteiger partial charge in [0.15, 0.2) is 0 Å². The average Bonchev–Trinajstić information content (AvgIpc) is 1.25. The van der Waals surface area contributed by atoms with E-state index in [-0.39, 0.29) is 75.5 Å². The van der Waals surface area contributed by atoms with Crippen molar-refractivity contribution >= 4 is 96.0 Å². The van der Waals surface area contributed by atoms with Gasteiger partial charge in [0.2, 0.25) is 0 Å². The Labute approximate surface area is 121 Å². The summed E-state index contributed by atoms with van der Waals surface area (Å²) in [5, 5.41) is 0. The van der Waals surface area contributed by atoms with Crippen LogP contribution in [0.2, 0.25) is 0 Å². The normalized spacial score (nSPS) is 5.90. The van der Waals surface area contributed by atoms with Crippen LogP contribution in [0, 0.1) is 0 Å². The van der Waals surface area contributed by atoms with Crippen molar-refractivity contribution in [2.75, 3.05) is 0 Å². The molecule has 6 nitrogen and oxygen atoms in total. The van der Waals surface area contributed by atoms with E-state index in [1.807, 2.05) is 0 Å². The molecule has 0 N–H and O–H groups in total. The summed E-state index contributed by atoms with van der Waals surface area (Å²) in [6.45, 7) is 0. The Kier molecular flexibility index (Phi) is 39.5. The zero-order valence-electron chi connectivity index (χ0n) is 4.77. The summed E-state index contributed by atoms with van der Waals surface area (Å²) in [5.74, 6) is 0. The SMILES string of the molecule is O=S([O-])[O-].O=[Si]([O-])[O-].[Ca+2].[Ca+2]. The first kappa shape index (κ1) is 22.8. The van der Waals surface area contributed by atoms with E-state index in [0.717, 1.165) is 0 Å². The van der Waals surface area contributed by atoms with Gasteiger partial charge in [0, 0.05) is 9.17 Å². The Morgan fingerprint density at radius 3 is 1.10 bits per heavy atom. The monoisotopic (exact) mass is 236 g/mol. The van der Waals surface area contributed by atoms with Crippen molar-refractivity contribution in [1.82, 2.24) is 0 Å². The predicted octanol–water partition coefficient (Wildman–Crippen LogP) is -4.64. The summed E-state index contributed by atoms with van der Waals surface area (Å²) in [6.07, 6.45) is 0. The fraction of sp³-hybridized carbons (Fsp3) is 0. The third-order valence-corrected chi connectivity index (χ3v) is 0. The molecule has 0 aliphatic heterocycles. The Morgan fingerprint density at radius 1 is 1.10 bits per heavy atom. The summed E-state index contributed by atoms with van der Waals surface area (Å²) < 4.78 is 33.9. The molecule has 0 saturated carbocycles. The van der Waals surface area contributed by atoms with Gasteiger partial charge in [-0.2, -0.15) is 0 Å². The van der Waals surface area contributed by atoms with Gasteiger partial charge in [-0.3, -0.25) is 4.21 Å². The molecule has 0 rings (SSSR count). The van der Waals surface area contributed by atoms with Crippen LogP contribution >= 0.6 is 0 Å². The van der Waals surface area contributed by atoms with Crippen LogP contribution in [-0.2, 0) is 15.8 Å². The van der Waals surface area contributed by atoms with E-state index in [0.29, 0.717) is 0 Å². The second-order valence-corrected chi connectivity index (χ2v) is 1.36. The molecule has 0 aliphatic carbocycles. The van der Waals surface area contributed by atoms with Crippen LogP contribution in [0.25, 0.3) is 0 Å². The molecule has 0 aromatic heterocycles. The third-order valence-electron chi connectivity index (χ3n) is 0. The molecule has 0 radical (unpaired) electrons. The first-order valence-electron chi connectivity index (χ1n) is 1.11. The molecular formula is Ca2O6SSi. The third kappa shape index (κ3) is 178. The molecule has 0 atom stereocenters. The van der Waals surface area contributed by atoms with Crippen molar-refractivity contribution in [3.63, 3.8) is 0 Å². The second-order valence-electron chi connectivity index (χ2n) is 0.454. The molecule has 0 spiro atoms. The van der Waals surface area contributed by atoms with Crippen LogP contribution in [0.4, 0.5) is 0 Å². The van der Waals surface area contributed by atoms with Crippen LogP contribution < -0.4 is 9.59 Å². The van der Waals surface area contributed by atoms with Gasteiger partial charge in [0.1, 0.15) is 0 Å². The molecule has 0 aromatic carbocycles. The van der Waals surface area contributed by atoms with Crippen molar-refractivity contribution in [2.45, 2.75) is 0 Å². The largest absolute Gasteiger partial charge is 2.00 e. The number of hydrogen-bond donors (Lipinski definition) is 0. The molecule has 10 heteroatoms. The van der Waals surface area contributed by atoms with E-state index in [9.17, 15) is 0 Å². The molecular weight excluding hydrogens is 236 g/mol. The van der Waals surface area contributed by atoms with Gasteiger partial charge in [-0.1, -0.05) is 0 Å². The molecule has 0 fully saturated rings. The van der Waals surface area contributed by atoms with Gasteiger partial charge < -0.3 is 23.2 Å². The Bertz CT molecular complexity index is 73.7. The van der Waals surface area contributed by atoms with Gasteiger partial charge in [0.05, 0.1) is 0 Å². The fourth-order valence-corrected chi connectivity index (χ4v) is 0. The minimum Gasteiger partial charge on any atom is -0.784 e. The van der Waals surface area contributed by atoms with Gasteiger partial charge in [-0.15, -0.1) is 11.4 Å². The summed E-state index contributed by atoms with van der Waals surface area (Å²) in [7, 11) is -3.63. The summed E-state index contributed by atoms with van der Waals surface area (Å²) in [5.41, 5.74) is 0. The minimum absolute atomic E-state index is 0. The van der Waals surface area contributed by atoms with Crippen molar-refractivity contribution < 1.29 is 27.4 Å². The standard InChI is InChI=1S/2Ca.H2O3S.O3Si/c;;2*1-4(2)3/h;;(H2,1,2,3);/q2*+2;;-2/p-2. The first-order chi connectivity index (χ1) is 3.46. The molecule has 0 bridgehead atoms. The summed E-state index contributed by atoms with van der Waals surface area (Å²) in [6, 6.07) is 0.